The summed E-state index contributed by atoms with van der Waals surface area (Å²) in [5.74, 6) is -0.345. The molecule has 1 atom stereocenters. The minimum absolute atomic E-state index is 0.0117. The van der Waals surface area contributed by atoms with Gasteiger partial charge in [0.2, 0.25) is 10.0 Å². The maximum atomic E-state index is 13.6. The van der Waals surface area contributed by atoms with Gasteiger partial charge in [0.05, 0.1) is 17.0 Å². The number of fused-ring (bicyclic) bond motifs is 1. The summed E-state index contributed by atoms with van der Waals surface area (Å²) in [6.45, 7) is 4.06. The van der Waals surface area contributed by atoms with Gasteiger partial charge in [-0.25, -0.2) is 12.8 Å². The number of hydrogen-bond acceptors (Lipinski definition) is 6. The van der Waals surface area contributed by atoms with Crippen molar-refractivity contribution < 1.29 is 31.7 Å². The largest absolute Gasteiger partial charge is 0.455 e. The third-order valence-electron chi connectivity index (χ3n) is 6.75. The first-order valence-corrected chi connectivity index (χ1v) is 14.2. The number of hydrogen-bond donors (Lipinski definition) is 3. The van der Waals surface area contributed by atoms with Crippen LogP contribution in [0, 0.1) is 11.7 Å². The van der Waals surface area contributed by atoms with Gasteiger partial charge in [-0.1, -0.05) is 0 Å². The van der Waals surface area contributed by atoms with Gasteiger partial charge in [-0.15, -0.1) is 0 Å². The minimum Gasteiger partial charge on any atom is -0.455 e. The summed E-state index contributed by atoms with van der Waals surface area (Å²) in [7, 11) is -4.51. The third kappa shape index (κ3) is 5.84. The van der Waals surface area contributed by atoms with Gasteiger partial charge in [-0.2, -0.15) is 0 Å². The predicted molar refractivity (Wildman–Crippen MR) is 140 cm³/mol. The fourth-order valence-electron chi connectivity index (χ4n) is 4.75. The molecule has 1 amide bonds. The molecule has 11 heteroatoms. The van der Waals surface area contributed by atoms with Crippen molar-refractivity contribution in [1.29, 1.82) is 0 Å². The topological polar surface area (TPSA) is 118 Å². The number of rotatable bonds is 9. The standard InChI is InChI=1S/C26H30BFN2O6S/c1-15(2)29-26(31)24-21-11-20(17-3-4-17)22(30-37(33,34)10-9-16-13-27(32)35-14-16)12-23(21)36-25(24)18-5-7-19(28)8-6-18/h5-8,11-12,15-17,30,32H,3-4,9-10,13-14H2,1-2H3,(H,29,31). The molecule has 2 aromatic carbocycles. The molecule has 1 unspecified atom stereocenters. The molecule has 0 spiro atoms. The van der Waals surface area contributed by atoms with Gasteiger partial charge in [-0.05, 0) is 87.2 Å². The van der Waals surface area contributed by atoms with Crippen molar-refractivity contribution in [3.8, 4) is 11.3 Å². The highest BCUT2D eigenvalue weighted by Gasteiger charge is 2.32. The molecule has 3 N–H and O–H groups in total. The molecule has 2 fully saturated rings. The summed E-state index contributed by atoms with van der Waals surface area (Å²) in [5, 5.41) is 13.0. The highest BCUT2D eigenvalue weighted by atomic mass is 32.2. The zero-order valence-electron chi connectivity index (χ0n) is 20.8. The van der Waals surface area contributed by atoms with E-state index in [2.05, 4.69) is 10.0 Å². The minimum atomic E-state index is -3.68. The number of anilines is 1. The van der Waals surface area contributed by atoms with Crippen LogP contribution in [-0.2, 0) is 14.7 Å². The fraction of sp³-hybridized carbons (Fsp3) is 0.423. The van der Waals surface area contributed by atoms with Gasteiger partial charge in [0.1, 0.15) is 17.2 Å². The zero-order chi connectivity index (χ0) is 26.3. The Balaban J connectivity index is 1.53. The first kappa shape index (κ1) is 25.8. The molecule has 1 aliphatic carbocycles. The molecule has 1 saturated carbocycles. The summed E-state index contributed by atoms with van der Waals surface area (Å²) in [6, 6.07) is 9.08. The van der Waals surface area contributed by atoms with Crippen LogP contribution in [0.4, 0.5) is 10.1 Å². The Kier molecular flexibility index (Phi) is 7.04. The molecule has 1 aromatic heterocycles. The van der Waals surface area contributed by atoms with Gasteiger partial charge in [0.15, 0.2) is 0 Å². The molecule has 196 valence electrons. The van der Waals surface area contributed by atoms with Crippen LogP contribution in [0.25, 0.3) is 22.3 Å². The van der Waals surface area contributed by atoms with Crippen LogP contribution in [0.5, 0.6) is 0 Å². The molecular weight excluding hydrogens is 498 g/mol. The molecule has 1 aliphatic heterocycles. The van der Waals surface area contributed by atoms with Crippen molar-refractivity contribution in [3.05, 3.63) is 53.3 Å². The Morgan fingerprint density at radius 3 is 2.57 bits per heavy atom. The van der Waals surface area contributed by atoms with Crippen molar-refractivity contribution in [1.82, 2.24) is 5.32 Å². The summed E-state index contributed by atoms with van der Waals surface area (Å²) < 4.78 is 53.5. The second-order valence-electron chi connectivity index (χ2n) is 10.3. The van der Waals surface area contributed by atoms with Crippen LogP contribution in [0.15, 0.2) is 40.8 Å². The predicted octanol–water partition coefficient (Wildman–Crippen LogP) is 4.51. The quantitative estimate of drug-likeness (QED) is 0.352. The van der Waals surface area contributed by atoms with E-state index in [1.54, 1.807) is 18.2 Å². The fourth-order valence-corrected chi connectivity index (χ4v) is 6.01. The van der Waals surface area contributed by atoms with E-state index < -0.39 is 23.0 Å². The molecule has 5 rings (SSSR count). The van der Waals surface area contributed by atoms with E-state index in [0.717, 1.165) is 18.4 Å². The summed E-state index contributed by atoms with van der Waals surface area (Å²) in [6.07, 6.45) is 2.65. The first-order chi connectivity index (χ1) is 17.6. The summed E-state index contributed by atoms with van der Waals surface area (Å²) >= 11 is 0. The average molecular weight is 528 g/mol. The van der Waals surface area contributed by atoms with Crippen LogP contribution in [0.2, 0.25) is 6.32 Å². The van der Waals surface area contributed by atoms with Crippen LogP contribution in [0.1, 0.15) is 54.9 Å². The Hall–Kier alpha value is -2.89. The van der Waals surface area contributed by atoms with Crippen molar-refractivity contribution >= 4 is 39.7 Å². The zero-order valence-corrected chi connectivity index (χ0v) is 21.6. The number of furan rings is 1. The van der Waals surface area contributed by atoms with Crippen LogP contribution >= 0.6 is 0 Å². The molecule has 37 heavy (non-hydrogen) atoms. The molecule has 8 nitrogen and oxygen atoms in total. The van der Waals surface area contributed by atoms with E-state index in [1.165, 1.54) is 12.1 Å². The molecule has 0 radical (unpaired) electrons. The highest BCUT2D eigenvalue weighted by Crippen LogP contribution is 2.47. The van der Waals surface area contributed by atoms with Gasteiger partial charge < -0.3 is 19.4 Å². The molecule has 3 aromatic rings. The van der Waals surface area contributed by atoms with Crippen molar-refractivity contribution in [2.24, 2.45) is 5.92 Å². The normalized spacial score (nSPS) is 18.1. The van der Waals surface area contributed by atoms with E-state index in [0.29, 0.717) is 52.9 Å². The number of amides is 1. The number of benzene rings is 2. The number of sulfonamides is 1. The molecular formula is C26H30BFN2O6S. The maximum absolute atomic E-state index is 13.6. The Morgan fingerprint density at radius 2 is 1.95 bits per heavy atom. The van der Waals surface area contributed by atoms with Crippen LogP contribution in [0.3, 0.4) is 0 Å². The summed E-state index contributed by atoms with van der Waals surface area (Å²) in [4.78, 5) is 13.3. The maximum Gasteiger partial charge on any atom is 0.454 e. The van der Waals surface area contributed by atoms with E-state index in [1.807, 2.05) is 19.9 Å². The van der Waals surface area contributed by atoms with Gasteiger partial charge in [0, 0.05) is 29.7 Å². The second kappa shape index (κ2) is 10.1. The molecule has 1 saturated heterocycles. The lowest BCUT2D eigenvalue weighted by Gasteiger charge is -2.14. The van der Waals surface area contributed by atoms with Gasteiger partial charge in [0.25, 0.3) is 5.91 Å². The average Bonchev–Trinajstić information content (AvgIpc) is 3.48. The summed E-state index contributed by atoms with van der Waals surface area (Å²) in [5.41, 5.74) is 2.50. The monoisotopic (exact) mass is 528 g/mol. The molecule has 0 bridgehead atoms. The molecule has 2 aliphatic rings. The lowest BCUT2D eigenvalue weighted by molar-refractivity contribution is 0.0944. The number of carbonyl (C=O) groups excluding carboxylic acids is 1. The first-order valence-electron chi connectivity index (χ1n) is 12.6. The smallest absolute Gasteiger partial charge is 0.454 e. The number of carbonyl (C=O) groups is 1. The Morgan fingerprint density at radius 1 is 1.22 bits per heavy atom. The SMILES string of the molecule is CC(C)NC(=O)c1c(-c2ccc(F)cc2)oc2cc(NS(=O)(=O)CCC3COB(O)C3)c(C3CC3)cc12. The lowest BCUT2D eigenvalue weighted by atomic mass is 9.81. The third-order valence-corrected chi connectivity index (χ3v) is 8.05. The van der Waals surface area contributed by atoms with Crippen molar-refractivity contribution in [3.63, 3.8) is 0 Å². The van der Waals surface area contributed by atoms with E-state index in [9.17, 15) is 22.6 Å². The van der Waals surface area contributed by atoms with Crippen LogP contribution < -0.4 is 10.0 Å². The second-order valence-corrected chi connectivity index (χ2v) is 12.1. The van der Waals surface area contributed by atoms with Crippen LogP contribution in [-0.4, -0.2) is 44.9 Å². The van der Waals surface area contributed by atoms with Gasteiger partial charge >= 0.3 is 7.12 Å². The van der Waals surface area contributed by atoms with Gasteiger partial charge in [-0.3, -0.25) is 9.52 Å². The lowest BCUT2D eigenvalue weighted by Crippen LogP contribution is -2.30. The van der Waals surface area contributed by atoms with E-state index >= 15 is 0 Å². The van der Waals surface area contributed by atoms with E-state index in [4.69, 9.17) is 9.07 Å². The van der Waals surface area contributed by atoms with E-state index in [-0.39, 0.29) is 29.5 Å². The highest BCUT2D eigenvalue weighted by molar-refractivity contribution is 7.92. The van der Waals surface area contributed by atoms with Crippen molar-refractivity contribution in [2.75, 3.05) is 17.1 Å². The number of nitrogens with one attached hydrogen (secondary N) is 2. The Labute approximate surface area is 215 Å². The van der Waals surface area contributed by atoms with Crippen molar-refractivity contribution in [2.45, 2.75) is 51.4 Å². The molecule has 2 heterocycles. The Bertz CT molecular complexity index is 1420. The number of halogens is 1.